The predicted molar refractivity (Wildman–Crippen MR) is 121 cm³/mol. The lowest BCUT2D eigenvalue weighted by Crippen LogP contribution is -2.34. The SMILES string of the molecule is COCC(=O)N[C@@H](CC(C)C)c1nnc2n1CCN(Cc1ccc(OC)cc1OC)CC2. The molecule has 1 aromatic carbocycles. The molecule has 0 spiro atoms. The summed E-state index contributed by atoms with van der Waals surface area (Å²) in [5.74, 6) is 3.65. The van der Waals surface area contributed by atoms with Gasteiger partial charge in [-0.2, -0.15) is 0 Å². The highest BCUT2D eigenvalue weighted by molar-refractivity contribution is 5.77. The van der Waals surface area contributed by atoms with Crippen LogP contribution < -0.4 is 14.8 Å². The van der Waals surface area contributed by atoms with Gasteiger partial charge in [-0.1, -0.05) is 19.9 Å². The third-order valence-corrected chi connectivity index (χ3v) is 5.67. The van der Waals surface area contributed by atoms with E-state index in [0.717, 1.165) is 67.7 Å². The molecule has 0 radical (unpaired) electrons. The van der Waals surface area contributed by atoms with Crippen LogP contribution in [0.25, 0.3) is 0 Å². The maximum atomic E-state index is 12.2. The van der Waals surface area contributed by atoms with Crippen molar-refractivity contribution in [1.82, 2.24) is 25.0 Å². The highest BCUT2D eigenvalue weighted by atomic mass is 16.5. The summed E-state index contributed by atoms with van der Waals surface area (Å²) >= 11 is 0. The molecular formula is C23H35N5O4. The second-order valence-electron chi connectivity index (χ2n) is 8.51. The fourth-order valence-electron chi connectivity index (χ4n) is 4.10. The number of ether oxygens (including phenoxy) is 3. The molecule has 3 rings (SSSR count). The number of hydrogen-bond donors (Lipinski definition) is 1. The predicted octanol–water partition coefficient (Wildman–Crippen LogP) is 2.20. The van der Waals surface area contributed by atoms with Gasteiger partial charge in [0.1, 0.15) is 23.9 Å². The van der Waals surface area contributed by atoms with Crippen LogP contribution in [0.2, 0.25) is 0 Å². The smallest absolute Gasteiger partial charge is 0.246 e. The molecular weight excluding hydrogens is 410 g/mol. The molecule has 9 heteroatoms. The molecule has 0 bridgehead atoms. The molecule has 1 N–H and O–H groups in total. The molecule has 9 nitrogen and oxygen atoms in total. The molecule has 32 heavy (non-hydrogen) atoms. The first-order valence-corrected chi connectivity index (χ1v) is 11.1. The van der Waals surface area contributed by atoms with E-state index in [4.69, 9.17) is 14.2 Å². The topological polar surface area (TPSA) is 90.7 Å². The van der Waals surface area contributed by atoms with Crippen LogP contribution in [0.1, 0.15) is 43.5 Å². The standard InChI is InChI=1S/C23H35N5O4/c1-16(2)12-19(24-22(29)15-30-3)23-26-25-21-8-9-27(10-11-28(21)23)14-17-6-7-18(31-4)13-20(17)32-5/h6-7,13,16,19H,8-12,14-15H2,1-5H3,(H,24,29)/t19-/m0/s1. The second kappa shape index (κ2) is 11.3. The van der Waals surface area contributed by atoms with Gasteiger partial charge in [0.15, 0.2) is 5.82 Å². The number of nitrogens with zero attached hydrogens (tertiary/aromatic N) is 4. The molecule has 176 valence electrons. The van der Waals surface area contributed by atoms with Crippen LogP contribution in [0.3, 0.4) is 0 Å². The lowest BCUT2D eigenvalue weighted by Gasteiger charge is -2.23. The number of hydrogen-bond acceptors (Lipinski definition) is 7. The van der Waals surface area contributed by atoms with E-state index in [-0.39, 0.29) is 18.6 Å². The second-order valence-corrected chi connectivity index (χ2v) is 8.51. The molecule has 1 aliphatic heterocycles. The van der Waals surface area contributed by atoms with Crippen molar-refractivity contribution in [3.8, 4) is 11.5 Å². The third-order valence-electron chi connectivity index (χ3n) is 5.67. The first-order valence-electron chi connectivity index (χ1n) is 11.1. The van der Waals surface area contributed by atoms with Crippen molar-refractivity contribution in [2.24, 2.45) is 5.92 Å². The number of nitrogens with one attached hydrogen (secondary N) is 1. The third kappa shape index (κ3) is 5.98. The number of carbonyl (C=O) groups excluding carboxylic acids is 1. The summed E-state index contributed by atoms with van der Waals surface area (Å²) < 4.78 is 18.0. The Bertz CT molecular complexity index is 899. The van der Waals surface area contributed by atoms with Crippen LogP contribution in [0.5, 0.6) is 11.5 Å². The molecule has 0 aliphatic carbocycles. The monoisotopic (exact) mass is 445 g/mol. The number of methoxy groups -OCH3 is 3. The van der Waals surface area contributed by atoms with Crippen molar-refractivity contribution in [3.63, 3.8) is 0 Å². The zero-order chi connectivity index (χ0) is 23.1. The molecule has 1 amide bonds. The molecule has 1 atom stereocenters. The molecule has 1 aliphatic rings. The van der Waals surface area contributed by atoms with Gasteiger partial charge in [0.2, 0.25) is 5.91 Å². The zero-order valence-electron chi connectivity index (χ0n) is 19.8. The van der Waals surface area contributed by atoms with E-state index in [1.165, 1.54) is 7.11 Å². The van der Waals surface area contributed by atoms with Gasteiger partial charge >= 0.3 is 0 Å². The quantitative estimate of drug-likeness (QED) is 0.600. The number of amides is 1. The number of aromatic nitrogens is 3. The maximum Gasteiger partial charge on any atom is 0.246 e. The van der Waals surface area contributed by atoms with E-state index >= 15 is 0 Å². The average Bonchev–Trinajstić information content (AvgIpc) is 3.07. The number of rotatable bonds is 10. The summed E-state index contributed by atoms with van der Waals surface area (Å²) in [7, 11) is 4.86. The van der Waals surface area contributed by atoms with Crippen molar-refractivity contribution < 1.29 is 19.0 Å². The summed E-state index contributed by atoms with van der Waals surface area (Å²) in [6.07, 6.45) is 1.59. The fraction of sp³-hybridized carbons (Fsp3) is 0.609. The number of benzene rings is 1. The number of carbonyl (C=O) groups is 1. The summed E-state index contributed by atoms with van der Waals surface area (Å²) in [5.41, 5.74) is 1.12. The summed E-state index contributed by atoms with van der Waals surface area (Å²) in [6.45, 7) is 7.59. The fourth-order valence-corrected chi connectivity index (χ4v) is 4.10. The minimum atomic E-state index is -0.188. The van der Waals surface area contributed by atoms with Crippen LogP contribution >= 0.6 is 0 Å². The Morgan fingerprint density at radius 3 is 2.62 bits per heavy atom. The van der Waals surface area contributed by atoms with Crippen LogP contribution in [-0.4, -0.2) is 66.6 Å². The average molecular weight is 446 g/mol. The van der Waals surface area contributed by atoms with Crippen LogP contribution in [0, 0.1) is 5.92 Å². The van der Waals surface area contributed by atoms with E-state index in [9.17, 15) is 4.79 Å². The van der Waals surface area contributed by atoms with Gasteiger partial charge in [0.25, 0.3) is 0 Å². The Hall–Kier alpha value is -2.65. The first-order chi connectivity index (χ1) is 15.4. The summed E-state index contributed by atoms with van der Waals surface area (Å²) in [5, 5.41) is 12.0. The van der Waals surface area contributed by atoms with Crippen LogP contribution in [-0.2, 0) is 29.0 Å². The van der Waals surface area contributed by atoms with Crippen molar-refractivity contribution in [2.45, 2.75) is 45.8 Å². The molecule has 0 unspecified atom stereocenters. The van der Waals surface area contributed by atoms with Gasteiger partial charge in [0.05, 0.1) is 20.3 Å². The largest absolute Gasteiger partial charge is 0.497 e. The van der Waals surface area contributed by atoms with Crippen molar-refractivity contribution in [3.05, 3.63) is 35.4 Å². The van der Waals surface area contributed by atoms with Gasteiger partial charge in [0, 0.05) is 51.3 Å². The van der Waals surface area contributed by atoms with Gasteiger partial charge < -0.3 is 24.1 Å². The first kappa shape index (κ1) is 24.0. The Morgan fingerprint density at radius 2 is 1.94 bits per heavy atom. The molecule has 0 fully saturated rings. The summed E-state index contributed by atoms with van der Waals surface area (Å²) in [4.78, 5) is 14.6. The molecule has 0 saturated heterocycles. The Labute approximate surface area is 190 Å². The minimum absolute atomic E-state index is 0.0348. The Kier molecular flexibility index (Phi) is 8.46. The molecule has 2 heterocycles. The maximum absolute atomic E-state index is 12.2. The van der Waals surface area contributed by atoms with Crippen molar-refractivity contribution in [1.29, 1.82) is 0 Å². The van der Waals surface area contributed by atoms with E-state index < -0.39 is 0 Å². The van der Waals surface area contributed by atoms with Crippen LogP contribution in [0.15, 0.2) is 18.2 Å². The highest BCUT2D eigenvalue weighted by Crippen LogP contribution is 2.27. The highest BCUT2D eigenvalue weighted by Gasteiger charge is 2.26. The van der Waals surface area contributed by atoms with E-state index in [1.54, 1.807) is 14.2 Å². The molecule has 1 aromatic heterocycles. The lowest BCUT2D eigenvalue weighted by atomic mass is 10.0. The zero-order valence-corrected chi connectivity index (χ0v) is 19.8. The van der Waals surface area contributed by atoms with E-state index in [0.29, 0.717) is 5.92 Å². The number of fused-ring (bicyclic) bond motifs is 1. The minimum Gasteiger partial charge on any atom is -0.497 e. The Balaban J connectivity index is 1.73. The van der Waals surface area contributed by atoms with Gasteiger partial charge in [-0.15, -0.1) is 10.2 Å². The molecule has 0 saturated carbocycles. The van der Waals surface area contributed by atoms with Gasteiger partial charge in [-0.05, 0) is 18.4 Å². The van der Waals surface area contributed by atoms with Crippen LogP contribution in [0.4, 0.5) is 0 Å². The molecule has 2 aromatic rings. The van der Waals surface area contributed by atoms with E-state index in [2.05, 4.69) is 44.9 Å². The van der Waals surface area contributed by atoms with E-state index in [1.807, 2.05) is 12.1 Å². The normalized spacial score (nSPS) is 15.2. The van der Waals surface area contributed by atoms with Crippen molar-refractivity contribution >= 4 is 5.91 Å². The van der Waals surface area contributed by atoms with Gasteiger partial charge in [-0.3, -0.25) is 9.69 Å². The van der Waals surface area contributed by atoms with Gasteiger partial charge in [-0.25, -0.2) is 0 Å². The lowest BCUT2D eigenvalue weighted by molar-refractivity contribution is -0.125. The van der Waals surface area contributed by atoms with Crippen molar-refractivity contribution in [2.75, 3.05) is 41.0 Å². The summed E-state index contributed by atoms with van der Waals surface area (Å²) in [6, 6.07) is 5.74. The Morgan fingerprint density at radius 1 is 1.12 bits per heavy atom.